The number of benzene rings is 1. The first-order valence-corrected chi connectivity index (χ1v) is 9.98. The number of amides is 1. The van der Waals surface area contributed by atoms with E-state index >= 15 is 0 Å². The van der Waals surface area contributed by atoms with Gasteiger partial charge in [0.05, 0.1) is 0 Å². The van der Waals surface area contributed by atoms with Crippen molar-refractivity contribution in [3.05, 3.63) is 59.3 Å². The largest absolute Gasteiger partial charge is 0.474 e. The maximum atomic E-state index is 12.4. The average Bonchev–Trinajstić information content (AvgIpc) is 2.68. The van der Waals surface area contributed by atoms with Gasteiger partial charge < -0.3 is 10.1 Å². The van der Waals surface area contributed by atoms with E-state index in [4.69, 9.17) is 4.74 Å². The van der Waals surface area contributed by atoms with Gasteiger partial charge in [-0.25, -0.2) is 4.98 Å². The predicted molar refractivity (Wildman–Crippen MR) is 105 cm³/mol. The fourth-order valence-electron chi connectivity index (χ4n) is 3.63. The van der Waals surface area contributed by atoms with Crippen LogP contribution in [0.25, 0.3) is 0 Å². The summed E-state index contributed by atoms with van der Waals surface area (Å²) in [5, 5.41) is 3.02. The SMILES string of the molecule is O=C(NCCCN1CCc2ccccc2C1)c1ccnc(OC2CCC2)c1. The molecule has 1 aliphatic heterocycles. The Hall–Kier alpha value is -2.40. The van der Waals surface area contributed by atoms with Gasteiger partial charge in [0.1, 0.15) is 6.10 Å². The van der Waals surface area contributed by atoms with E-state index in [0.29, 0.717) is 18.0 Å². The molecule has 1 fully saturated rings. The molecule has 2 heterocycles. The molecule has 5 heteroatoms. The van der Waals surface area contributed by atoms with Crippen LogP contribution in [-0.2, 0) is 13.0 Å². The van der Waals surface area contributed by atoms with E-state index in [1.165, 1.54) is 17.5 Å². The number of nitrogens with one attached hydrogen (secondary N) is 1. The van der Waals surface area contributed by atoms with Gasteiger partial charge in [0.15, 0.2) is 0 Å². The van der Waals surface area contributed by atoms with Crippen LogP contribution in [0.3, 0.4) is 0 Å². The number of carbonyl (C=O) groups excluding carboxylic acids is 1. The Morgan fingerprint density at radius 1 is 1.22 bits per heavy atom. The number of nitrogens with zero attached hydrogens (tertiary/aromatic N) is 2. The van der Waals surface area contributed by atoms with E-state index < -0.39 is 0 Å². The van der Waals surface area contributed by atoms with Crippen molar-refractivity contribution >= 4 is 5.91 Å². The molecule has 1 N–H and O–H groups in total. The molecule has 0 spiro atoms. The van der Waals surface area contributed by atoms with Crippen molar-refractivity contribution < 1.29 is 9.53 Å². The van der Waals surface area contributed by atoms with E-state index in [9.17, 15) is 4.79 Å². The quantitative estimate of drug-likeness (QED) is 0.766. The molecule has 1 aliphatic carbocycles. The summed E-state index contributed by atoms with van der Waals surface area (Å²) in [6.45, 7) is 3.78. The number of carbonyl (C=O) groups is 1. The summed E-state index contributed by atoms with van der Waals surface area (Å²) >= 11 is 0. The van der Waals surface area contributed by atoms with Gasteiger partial charge in [-0.15, -0.1) is 0 Å². The van der Waals surface area contributed by atoms with E-state index in [0.717, 1.165) is 45.3 Å². The zero-order valence-corrected chi connectivity index (χ0v) is 15.7. The second-order valence-electron chi connectivity index (χ2n) is 7.46. The van der Waals surface area contributed by atoms with Crippen LogP contribution in [0.5, 0.6) is 5.88 Å². The Kier molecular flexibility index (Phi) is 5.68. The molecule has 0 radical (unpaired) electrons. The van der Waals surface area contributed by atoms with Crippen molar-refractivity contribution in [3.8, 4) is 5.88 Å². The first-order valence-electron chi connectivity index (χ1n) is 9.98. The molecule has 0 unspecified atom stereocenters. The smallest absolute Gasteiger partial charge is 0.251 e. The van der Waals surface area contributed by atoms with Crippen molar-refractivity contribution in [1.29, 1.82) is 0 Å². The Bertz CT molecular complexity index is 789. The summed E-state index contributed by atoms with van der Waals surface area (Å²) in [7, 11) is 0. The van der Waals surface area contributed by atoms with Gasteiger partial charge in [0.2, 0.25) is 5.88 Å². The van der Waals surface area contributed by atoms with Crippen molar-refractivity contribution in [2.24, 2.45) is 0 Å². The Morgan fingerprint density at radius 3 is 2.89 bits per heavy atom. The van der Waals surface area contributed by atoms with Crippen LogP contribution in [0.4, 0.5) is 0 Å². The third kappa shape index (κ3) is 4.66. The highest BCUT2D eigenvalue weighted by atomic mass is 16.5. The van der Waals surface area contributed by atoms with E-state index in [1.54, 1.807) is 18.3 Å². The first-order chi connectivity index (χ1) is 13.3. The third-order valence-corrected chi connectivity index (χ3v) is 5.48. The lowest BCUT2D eigenvalue weighted by atomic mass is 9.96. The maximum absolute atomic E-state index is 12.4. The molecular weight excluding hydrogens is 338 g/mol. The molecule has 1 amide bonds. The third-order valence-electron chi connectivity index (χ3n) is 5.48. The number of pyridine rings is 1. The van der Waals surface area contributed by atoms with Gasteiger partial charge in [-0.3, -0.25) is 9.69 Å². The van der Waals surface area contributed by atoms with Crippen LogP contribution in [0.15, 0.2) is 42.6 Å². The number of hydrogen-bond donors (Lipinski definition) is 1. The molecule has 5 nitrogen and oxygen atoms in total. The van der Waals surface area contributed by atoms with Crippen molar-refractivity contribution in [2.75, 3.05) is 19.6 Å². The van der Waals surface area contributed by atoms with Gasteiger partial charge in [-0.2, -0.15) is 0 Å². The summed E-state index contributed by atoms with van der Waals surface area (Å²) in [6, 6.07) is 12.2. The molecule has 142 valence electrons. The Balaban J connectivity index is 1.20. The molecule has 2 aromatic rings. The number of ether oxygens (including phenoxy) is 1. The second kappa shape index (κ2) is 8.53. The highest BCUT2D eigenvalue weighted by Gasteiger charge is 2.20. The lowest BCUT2D eigenvalue weighted by molar-refractivity contribution is 0.0946. The minimum atomic E-state index is -0.0557. The van der Waals surface area contributed by atoms with Gasteiger partial charge >= 0.3 is 0 Å². The fraction of sp³-hybridized carbons (Fsp3) is 0.455. The van der Waals surface area contributed by atoms with Crippen molar-refractivity contribution in [2.45, 2.75) is 44.8 Å². The molecule has 27 heavy (non-hydrogen) atoms. The molecule has 0 saturated heterocycles. The molecule has 4 rings (SSSR count). The number of fused-ring (bicyclic) bond motifs is 1. The summed E-state index contributed by atoms with van der Waals surface area (Å²) in [5.41, 5.74) is 3.52. The van der Waals surface area contributed by atoms with Gasteiger partial charge in [0, 0.05) is 44.0 Å². The minimum Gasteiger partial charge on any atom is -0.474 e. The second-order valence-corrected chi connectivity index (χ2v) is 7.46. The fourth-order valence-corrected chi connectivity index (χ4v) is 3.63. The van der Waals surface area contributed by atoms with Crippen LogP contribution >= 0.6 is 0 Å². The van der Waals surface area contributed by atoms with E-state index in [-0.39, 0.29) is 12.0 Å². The highest BCUT2D eigenvalue weighted by Crippen LogP contribution is 2.24. The lowest BCUT2D eigenvalue weighted by Gasteiger charge is -2.28. The minimum absolute atomic E-state index is 0.0557. The Morgan fingerprint density at radius 2 is 2.07 bits per heavy atom. The first kappa shape index (κ1) is 18.0. The molecule has 1 aromatic carbocycles. The number of aromatic nitrogens is 1. The summed E-state index contributed by atoms with van der Waals surface area (Å²) in [6.07, 6.45) is 7.36. The zero-order valence-electron chi connectivity index (χ0n) is 15.7. The maximum Gasteiger partial charge on any atom is 0.251 e. The number of hydrogen-bond acceptors (Lipinski definition) is 4. The molecule has 1 saturated carbocycles. The highest BCUT2D eigenvalue weighted by molar-refractivity contribution is 5.94. The van der Waals surface area contributed by atoms with E-state index in [2.05, 4.69) is 39.5 Å². The molecule has 1 aromatic heterocycles. The summed E-state index contributed by atoms with van der Waals surface area (Å²) in [4.78, 5) is 19.0. The topological polar surface area (TPSA) is 54.5 Å². The van der Waals surface area contributed by atoms with Crippen LogP contribution in [-0.4, -0.2) is 41.5 Å². The van der Waals surface area contributed by atoms with Crippen LogP contribution in [0.2, 0.25) is 0 Å². The molecule has 0 atom stereocenters. The molecular formula is C22H27N3O2. The predicted octanol–water partition coefficient (Wildman–Crippen LogP) is 3.19. The monoisotopic (exact) mass is 365 g/mol. The lowest BCUT2D eigenvalue weighted by Crippen LogP contribution is -2.33. The Labute approximate surface area is 160 Å². The van der Waals surface area contributed by atoms with Crippen molar-refractivity contribution in [1.82, 2.24) is 15.2 Å². The molecule has 2 aliphatic rings. The van der Waals surface area contributed by atoms with Crippen molar-refractivity contribution in [3.63, 3.8) is 0 Å². The summed E-state index contributed by atoms with van der Waals surface area (Å²) < 4.78 is 5.78. The normalized spacial score (nSPS) is 17.0. The molecule has 0 bridgehead atoms. The standard InChI is InChI=1S/C22H27N3O2/c26-22(18-9-12-23-21(15-18)27-20-7-3-8-20)24-11-4-13-25-14-10-17-5-1-2-6-19(17)16-25/h1-2,5-6,9,12,15,20H,3-4,7-8,10-11,13-14,16H2,(H,24,26). The van der Waals surface area contributed by atoms with Crippen LogP contribution in [0, 0.1) is 0 Å². The zero-order chi connectivity index (χ0) is 18.5. The van der Waals surface area contributed by atoms with Gasteiger partial charge in [-0.05, 0) is 49.3 Å². The van der Waals surface area contributed by atoms with Gasteiger partial charge in [-0.1, -0.05) is 24.3 Å². The average molecular weight is 365 g/mol. The summed E-state index contributed by atoms with van der Waals surface area (Å²) in [5.74, 6) is 0.499. The van der Waals surface area contributed by atoms with E-state index in [1.807, 2.05) is 0 Å². The van der Waals surface area contributed by atoms with Crippen LogP contribution in [0.1, 0.15) is 47.2 Å². The van der Waals surface area contributed by atoms with Crippen LogP contribution < -0.4 is 10.1 Å². The number of rotatable bonds is 7. The van der Waals surface area contributed by atoms with Gasteiger partial charge in [0.25, 0.3) is 5.91 Å².